The second kappa shape index (κ2) is 9.20. The van der Waals surface area contributed by atoms with E-state index in [1.807, 2.05) is 0 Å². The molecule has 5 nitrogen and oxygen atoms in total. The molecule has 1 unspecified atom stereocenters. The summed E-state index contributed by atoms with van der Waals surface area (Å²) in [7, 11) is 0. The summed E-state index contributed by atoms with van der Waals surface area (Å²) < 4.78 is 0. The normalized spacial score (nSPS) is 29.5. The molecule has 1 saturated heterocycles. The number of nitrogens with one attached hydrogen (secondary N) is 1. The fraction of sp³-hybridized carbons (Fsp3) is 0.905. The van der Waals surface area contributed by atoms with Gasteiger partial charge in [0.25, 0.3) is 0 Å². The highest BCUT2D eigenvalue weighted by Gasteiger charge is 2.32. The number of nitrogens with zero attached hydrogens (tertiary/aromatic N) is 1. The molecule has 1 atom stereocenters. The predicted octanol–water partition coefficient (Wildman–Crippen LogP) is 2.83. The lowest BCUT2D eigenvalue weighted by Crippen LogP contribution is -2.46. The SMILES string of the molecule is CC(N)C1CCN(C(=O)C2CCC(NC(=O)CC3CCCC3)CC2)CC1. The Hall–Kier alpha value is -1.10. The van der Waals surface area contributed by atoms with Gasteiger partial charge in [-0.05, 0) is 70.1 Å². The molecule has 2 aliphatic carbocycles. The molecule has 2 amide bonds. The minimum Gasteiger partial charge on any atom is -0.353 e. The van der Waals surface area contributed by atoms with Crippen molar-refractivity contribution in [2.45, 2.75) is 89.6 Å². The van der Waals surface area contributed by atoms with Gasteiger partial charge in [-0.15, -0.1) is 0 Å². The van der Waals surface area contributed by atoms with Crippen LogP contribution < -0.4 is 11.1 Å². The van der Waals surface area contributed by atoms with E-state index in [2.05, 4.69) is 17.1 Å². The molecule has 2 saturated carbocycles. The van der Waals surface area contributed by atoms with Gasteiger partial charge in [-0.25, -0.2) is 0 Å². The molecule has 1 heterocycles. The summed E-state index contributed by atoms with van der Waals surface area (Å²) in [6.45, 7) is 3.80. The van der Waals surface area contributed by atoms with Gasteiger partial charge in [-0.3, -0.25) is 9.59 Å². The summed E-state index contributed by atoms with van der Waals surface area (Å²) in [5.41, 5.74) is 6.00. The quantitative estimate of drug-likeness (QED) is 0.789. The van der Waals surface area contributed by atoms with E-state index in [4.69, 9.17) is 5.73 Å². The van der Waals surface area contributed by atoms with Crippen LogP contribution >= 0.6 is 0 Å². The summed E-state index contributed by atoms with van der Waals surface area (Å²) in [6.07, 6.45) is 11.5. The van der Waals surface area contributed by atoms with Crippen molar-refractivity contribution in [3.63, 3.8) is 0 Å². The fourth-order valence-electron chi connectivity index (χ4n) is 5.15. The minimum absolute atomic E-state index is 0.157. The molecule has 0 radical (unpaired) electrons. The van der Waals surface area contributed by atoms with Gasteiger partial charge < -0.3 is 16.0 Å². The van der Waals surface area contributed by atoms with Crippen LogP contribution in [0.2, 0.25) is 0 Å². The Labute approximate surface area is 158 Å². The molecule has 0 aromatic carbocycles. The molecular weight excluding hydrogens is 326 g/mol. The molecule has 3 rings (SSSR count). The zero-order valence-electron chi connectivity index (χ0n) is 16.4. The first kappa shape index (κ1) is 19.7. The molecule has 0 aromatic rings. The second-order valence-electron chi connectivity index (χ2n) is 8.99. The molecule has 26 heavy (non-hydrogen) atoms. The van der Waals surface area contributed by atoms with Crippen molar-refractivity contribution in [2.75, 3.05) is 13.1 Å². The topological polar surface area (TPSA) is 75.4 Å². The zero-order chi connectivity index (χ0) is 18.5. The largest absolute Gasteiger partial charge is 0.353 e. The van der Waals surface area contributed by atoms with Crippen LogP contribution in [0.15, 0.2) is 0 Å². The van der Waals surface area contributed by atoms with Crippen LogP contribution in [-0.4, -0.2) is 41.9 Å². The van der Waals surface area contributed by atoms with Gasteiger partial charge in [-0.2, -0.15) is 0 Å². The van der Waals surface area contributed by atoms with E-state index in [1.54, 1.807) is 0 Å². The van der Waals surface area contributed by atoms with Gasteiger partial charge in [0, 0.05) is 37.5 Å². The standard InChI is InChI=1S/C21H37N3O2/c1-15(22)17-10-12-24(13-11-17)21(26)18-6-8-19(9-7-18)23-20(25)14-16-4-2-3-5-16/h15-19H,2-14,22H2,1H3,(H,23,25). The molecule has 0 spiro atoms. The lowest BCUT2D eigenvalue weighted by atomic mass is 9.84. The molecule has 5 heteroatoms. The van der Waals surface area contributed by atoms with Crippen molar-refractivity contribution in [3.8, 4) is 0 Å². The number of carbonyl (C=O) groups is 2. The van der Waals surface area contributed by atoms with E-state index in [0.717, 1.165) is 51.6 Å². The first-order chi connectivity index (χ1) is 12.5. The van der Waals surface area contributed by atoms with Crippen molar-refractivity contribution < 1.29 is 9.59 Å². The Kier molecular flexibility index (Phi) is 6.96. The van der Waals surface area contributed by atoms with Gasteiger partial charge >= 0.3 is 0 Å². The van der Waals surface area contributed by atoms with Gasteiger partial charge in [0.2, 0.25) is 11.8 Å². The lowest BCUT2D eigenvalue weighted by Gasteiger charge is -2.37. The van der Waals surface area contributed by atoms with Crippen LogP contribution in [0.5, 0.6) is 0 Å². The molecule has 148 valence electrons. The molecule has 0 aromatic heterocycles. The van der Waals surface area contributed by atoms with Crippen molar-refractivity contribution in [1.82, 2.24) is 10.2 Å². The van der Waals surface area contributed by atoms with Crippen molar-refractivity contribution in [2.24, 2.45) is 23.5 Å². The third kappa shape index (κ3) is 5.21. The highest BCUT2D eigenvalue weighted by Crippen LogP contribution is 2.30. The Balaban J connectivity index is 1.36. The second-order valence-corrected chi connectivity index (χ2v) is 8.99. The highest BCUT2D eigenvalue weighted by atomic mass is 16.2. The number of amides is 2. The fourth-order valence-corrected chi connectivity index (χ4v) is 5.15. The number of likely N-dealkylation sites (tertiary alicyclic amines) is 1. The number of rotatable bonds is 5. The highest BCUT2D eigenvalue weighted by molar-refractivity contribution is 5.79. The monoisotopic (exact) mass is 363 g/mol. The van der Waals surface area contributed by atoms with Gasteiger partial charge in [0.15, 0.2) is 0 Å². The number of piperidine rings is 1. The zero-order valence-corrected chi connectivity index (χ0v) is 16.4. The van der Waals surface area contributed by atoms with E-state index in [-0.39, 0.29) is 23.9 Å². The summed E-state index contributed by atoms with van der Waals surface area (Å²) in [5, 5.41) is 3.23. The summed E-state index contributed by atoms with van der Waals surface area (Å²) >= 11 is 0. The predicted molar refractivity (Wildman–Crippen MR) is 103 cm³/mol. The van der Waals surface area contributed by atoms with Crippen LogP contribution in [-0.2, 0) is 9.59 Å². The maximum absolute atomic E-state index is 12.8. The Bertz CT molecular complexity index is 472. The van der Waals surface area contributed by atoms with E-state index < -0.39 is 0 Å². The molecule has 0 bridgehead atoms. The number of hydrogen-bond donors (Lipinski definition) is 2. The van der Waals surface area contributed by atoms with Crippen LogP contribution in [0, 0.1) is 17.8 Å². The molecule has 3 aliphatic rings. The van der Waals surface area contributed by atoms with Crippen LogP contribution in [0.25, 0.3) is 0 Å². The Morgan fingerprint density at radius 1 is 1.00 bits per heavy atom. The number of nitrogens with two attached hydrogens (primary N) is 1. The van der Waals surface area contributed by atoms with E-state index in [0.29, 0.717) is 24.2 Å². The van der Waals surface area contributed by atoms with Gasteiger partial charge in [0.05, 0.1) is 0 Å². The number of hydrogen-bond acceptors (Lipinski definition) is 3. The smallest absolute Gasteiger partial charge is 0.225 e. The van der Waals surface area contributed by atoms with E-state index in [9.17, 15) is 9.59 Å². The van der Waals surface area contributed by atoms with Crippen molar-refractivity contribution in [1.29, 1.82) is 0 Å². The molecule has 1 aliphatic heterocycles. The van der Waals surface area contributed by atoms with Gasteiger partial charge in [-0.1, -0.05) is 12.8 Å². The van der Waals surface area contributed by atoms with Gasteiger partial charge in [0.1, 0.15) is 0 Å². The average molecular weight is 364 g/mol. The summed E-state index contributed by atoms with van der Waals surface area (Å²) in [6, 6.07) is 0.507. The Morgan fingerprint density at radius 2 is 1.62 bits per heavy atom. The maximum Gasteiger partial charge on any atom is 0.225 e. The van der Waals surface area contributed by atoms with Crippen LogP contribution in [0.3, 0.4) is 0 Å². The molecular formula is C21H37N3O2. The van der Waals surface area contributed by atoms with E-state index in [1.165, 1.54) is 25.7 Å². The summed E-state index contributed by atoms with van der Waals surface area (Å²) in [5.74, 6) is 1.88. The lowest BCUT2D eigenvalue weighted by molar-refractivity contribution is -0.138. The Morgan fingerprint density at radius 3 is 2.19 bits per heavy atom. The first-order valence-electron chi connectivity index (χ1n) is 10.9. The minimum atomic E-state index is 0.157. The maximum atomic E-state index is 12.8. The summed E-state index contributed by atoms with van der Waals surface area (Å²) in [4.78, 5) is 27.1. The number of carbonyl (C=O) groups excluding carboxylic acids is 2. The molecule has 3 N–H and O–H groups in total. The average Bonchev–Trinajstić information content (AvgIpc) is 3.14. The van der Waals surface area contributed by atoms with Crippen molar-refractivity contribution in [3.05, 3.63) is 0 Å². The van der Waals surface area contributed by atoms with E-state index >= 15 is 0 Å². The van der Waals surface area contributed by atoms with Crippen LogP contribution in [0.4, 0.5) is 0 Å². The molecule has 3 fully saturated rings. The van der Waals surface area contributed by atoms with Crippen molar-refractivity contribution >= 4 is 11.8 Å². The van der Waals surface area contributed by atoms with Crippen LogP contribution in [0.1, 0.15) is 77.6 Å². The third-order valence-corrected chi connectivity index (χ3v) is 6.99. The third-order valence-electron chi connectivity index (χ3n) is 6.99. The first-order valence-corrected chi connectivity index (χ1v) is 10.9.